The summed E-state index contributed by atoms with van der Waals surface area (Å²) in [4.78, 5) is 11.3. The van der Waals surface area contributed by atoms with Gasteiger partial charge in [-0.15, -0.1) is 0 Å². The van der Waals surface area contributed by atoms with E-state index in [0.717, 1.165) is 43.4 Å². The second-order valence-electron chi connectivity index (χ2n) is 5.16. The number of rotatable bonds is 6. The molecule has 1 aliphatic heterocycles. The lowest BCUT2D eigenvalue weighted by Crippen LogP contribution is -2.36. The lowest BCUT2D eigenvalue weighted by Gasteiger charge is -2.25. The van der Waals surface area contributed by atoms with Crippen molar-refractivity contribution in [3.63, 3.8) is 0 Å². The van der Waals surface area contributed by atoms with E-state index in [9.17, 15) is 0 Å². The van der Waals surface area contributed by atoms with Gasteiger partial charge in [-0.1, -0.05) is 13.3 Å². The molecule has 19 heavy (non-hydrogen) atoms. The molecule has 0 aliphatic carbocycles. The molecule has 1 aliphatic rings. The number of aryl methyl sites for hydroxylation is 1. The highest BCUT2D eigenvalue weighted by Gasteiger charge is 2.24. The van der Waals surface area contributed by atoms with Gasteiger partial charge < -0.3 is 16.0 Å². The molecule has 0 amide bonds. The average Bonchev–Trinajstić information content (AvgIpc) is 2.86. The zero-order valence-corrected chi connectivity index (χ0v) is 12.0. The number of nitrogens with one attached hydrogen (secondary N) is 1. The Bertz CT molecular complexity index is 407. The van der Waals surface area contributed by atoms with Gasteiger partial charge in [-0.2, -0.15) is 0 Å². The van der Waals surface area contributed by atoms with E-state index in [4.69, 9.17) is 5.73 Å². The molecule has 0 saturated carbocycles. The topological polar surface area (TPSA) is 67.1 Å². The molecule has 0 spiro atoms. The Balaban J connectivity index is 2.11. The number of nitrogens with zero attached hydrogens (tertiary/aromatic N) is 3. The predicted molar refractivity (Wildman–Crippen MR) is 79.6 cm³/mol. The Hall–Kier alpha value is -1.36. The van der Waals surface area contributed by atoms with Gasteiger partial charge in [0.2, 0.25) is 0 Å². The van der Waals surface area contributed by atoms with Gasteiger partial charge in [0.15, 0.2) is 0 Å². The van der Waals surface area contributed by atoms with Gasteiger partial charge in [-0.25, -0.2) is 9.97 Å². The monoisotopic (exact) mass is 263 g/mol. The van der Waals surface area contributed by atoms with Crippen LogP contribution in [0.4, 0.5) is 11.6 Å². The fourth-order valence-electron chi connectivity index (χ4n) is 2.57. The average molecular weight is 263 g/mol. The van der Waals surface area contributed by atoms with Crippen LogP contribution in [0.3, 0.4) is 0 Å². The van der Waals surface area contributed by atoms with Crippen molar-refractivity contribution in [2.45, 2.75) is 45.6 Å². The van der Waals surface area contributed by atoms with Gasteiger partial charge in [0.05, 0.1) is 0 Å². The van der Waals surface area contributed by atoms with Gasteiger partial charge in [-0.3, -0.25) is 0 Å². The summed E-state index contributed by atoms with van der Waals surface area (Å²) in [5, 5.41) is 3.37. The van der Waals surface area contributed by atoms with E-state index < -0.39 is 0 Å². The molecule has 2 rings (SSSR count). The van der Waals surface area contributed by atoms with Crippen molar-refractivity contribution in [3.05, 3.63) is 11.9 Å². The van der Waals surface area contributed by atoms with Gasteiger partial charge in [0, 0.05) is 31.7 Å². The van der Waals surface area contributed by atoms with E-state index in [1.807, 2.05) is 6.92 Å². The Morgan fingerprint density at radius 3 is 3.05 bits per heavy atom. The fourth-order valence-corrected chi connectivity index (χ4v) is 2.57. The Labute approximate surface area is 115 Å². The zero-order chi connectivity index (χ0) is 13.7. The fraction of sp³-hybridized carbons (Fsp3) is 0.714. The lowest BCUT2D eigenvalue weighted by molar-refractivity contribution is 0.669. The summed E-state index contributed by atoms with van der Waals surface area (Å²) in [5.74, 6) is 2.76. The molecule has 1 fully saturated rings. The summed E-state index contributed by atoms with van der Waals surface area (Å²) >= 11 is 0. The highest BCUT2D eigenvalue weighted by molar-refractivity contribution is 5.50. The summed E-state index contributed by atoms with van der Waals surface area (Å²) in [6, 6.07) is 2.48. The molecule has 1 aromatic heterocycles. The Morgan fingerprint density at radius 2 is 2.32 bits per heavy atom. The molecule has 5 nitrogen and oxygen atoms in total. The lowest BCUT2D eigenvalue weighted by atomic mass is 10.2. The predicted octanol–water partition coefficient (Wildman–Crippen LogP) is 1.92. The van der Waals surface area contributed by atoms with Gasteiger partial charge in [0.1, 0.15) is 17.5 Å². The van der Waals surface area contributed by atoms with E-state index in [0.29, 0.717) is 12.6 Å². The summed E-state index contributed by atoms with van der Waals surface area (Å²) < 4.78 is 0. The van der Waals surface area contributed by atoms with Crippen LogP contribution >= 0.6 is 0 Å². The van der Waals surface area contributed by atoms with Crippen LogP contribution in [0, 0.1) is 6.92 Å². The Kier molecular flexibility index (Phi) is 4.96. The minimum atomic E-state index is 0.429. The Morgan fingerprint density at radius 1 is 1.47 bits per heavy atom. The largest absolute Gasteiger partial charge is 0.370 e. The smallest absolute Gasteiger partial charge is 0.134 e. The molecule has 0 radical (unpaired) electrons. The van der Waals surface area contributed by atoms with Crippen molar-refractivity contribution in [1.29, 1.82) is 0 Å². The van der Waals surface area contributed by atoms with Crippen LogP contribution in [0.15, 0.2) is 6.07 Å². The third-order valence-corrected chi connectivity index (χ3v) is 3.60. The number of nitrogens with two attached hydrogens (primary N) is 1. The van der Waals surface area contributed by atoms with Crippen LogP contribution in [0.5, 0.6) is 0 Å². The third-order valence-electron chi connectivity index (χ3n) is 3.60. The van der Waals surface area contributed by atoms with Crippen LogP contribution in [0.25, 0.3) is 0 Å². The summed E-state index contributed by atoms with van der Waals surface area (Å²) in [7, 11) is 0. The van der Waals surface area contributed by atoms with Crippen molar-refractivity contribution in [3.8, 4) is 0 Å². The minimum Gasteiger partial charge on any atom is -0.370 e. The quantitative estimate of drug-likeness (QED) is 0.768. The number of unbranched alkanes of at least 4 members (excludes halogenated alkanes) is 1. The van der Waals surface area contributed by atoms with Crippen molar-refractivity contribution in [2.24, 2.45) is 5.73 Å². The number of hydrogen-bond acceptors (Lipinski definition) is 5. The van der Waals surface area contributed by atoms with Crippen LogP contribution in [-0.4, -0.2) is 35.6 Å². The van der Waals surface area contributed by atoms with Crippen LogP contribution < -0.4 is 16.0 Å². The molecular weight excluding hydrogens is 238 g/mol. The van der Waals surface area contributed by atoms with Gasteiger partial charge in [0.25, 0.3) is 0 Å². The molecule has 106 valence electrons. The van der Waals surface area contributed by atoms with E-state index in [2.05, 4.69) is 33.2 Å². The molecule has 1 unspecified atom stereocenters. The van der Waals surface area contributed by atoms with E-state index >= 15 is 0 Å². The van der Waals surface area contributed by atoms with Gasteiger partial charge in [-0.05, 0) is 26.2 Å². The minimum absolute atomic E-state index is 0.429. The third kappa shape index (κ3) is 3.56. The second-order valence-corrected chi connectivity index (χ2v) is 5.16. The second kappa shape index (κ2) is 6.70. The van der Waals surface area contributed by atoms with Crippen molar-refractivity contribution in [2.75, 3.05) is 29.9 Å². The molecule has 1 aromatic rings. The van der Waals surface area contributed by atoms with E-state index in [1.54, 1.807) is 0 Å². The molecule has 1 saturated heterocycles. The summed E-state index contributed by atoms with van der Waals surface area (Å²) in [6.07, 6.45) is 4.71. The first-order chi connectivity index (χ1) is 9.24. The normalized spacial score (nSPS) is 18.9. The maximum atomic E-state index is 5.84. The SMILES string of the molecule is CCCCNc1cc(N2CCCC2CN)nc(C)n1. The summed E-state index contributed by atoms with van der Waals surface area (Å²) in [5.41, 5.74) is 5.84. The van der Waals surface area contributed by atoms with Crippen molar-refractivity contribution >= 4 is 11.6 Å². The van der Waals surface area contributed by atoms with Crippen LogP contribution in [0.2, 0.25) is 0 Å². The number of anilines is 2. The maximum Gasteiger partial charge on any atom is 0.134 e. The molecule has 0 bridgehead atoms. The number of hydrogen-bond donors (Lipinski definition) is 2. The first-order valence-corrected chi connectivity index (χ1v) is 7.31. The first kappa shape index (κ1) is 14.1. The highest BCUT2D eigenvalue weighted by Crippen LogP contribution is 2.25. The van der Waals surface area contributed by atoms with Crippen LogP contribution in [-0.2, 0) is 0 Å². The van der Waals surface area contributed by atoms with Crippen molar-refractivity contribution in [1.82, 2.24) is 9.97 Å². The number of aromatic nitrogens is 2. The first-order valence-electron chi connectivity index (χ1n) is 7.31. The molecule has 3 N–H and O–H groups in total. The van der Waals surface area contributed by atoms with Crippen molar-refractivity contribution < 1.29 is 0 Å². The van der Waals surface area contributed by atoms with E-state index in [1.165, 1.54) is 12.8 Å². The maximum absolute atomic E-state index is 5.84. The molecular formula is C14H25N5. The molecule has 1 atom stereocenters. The van der Waals surface area contributed by atoms with Gasteiger partial charge >= 0.3 is 0 Å². The molecule has 0 aromatic carbocycles. The van der Waals surface area contributed by atoms with Crippen LogP contribution in [0.1, 0.15) is 38.4 Å². The van der Waals surface area contributed by atoms with E-state index in [-0.39, 0.29) is 0 Å². The molecule has 5 heteroatoms. The summed E-state index contributed by atoms with van der Waals surface area (Å²) in [6.45, 7) is 6.84. The standard InChI is InChI=1S/C14H25N5/c1-3-4-7-16-13-9-14(18-11(2)17-13)19-8-5-6-12(19)10-15/h9,12H,3-8,10,15H2,1-2H3,(H,16,17,18). The highest BCUT2D eigenvalue weighted by atomic mass is 15.2. The zero-order valence-electron chi connectivity index (χ0n) is 12.0. The molecule has 2 heterocycles.